The molecule has 0 radical (unpaired) electrons. The number of rotatable bonds is 4. The Labute approximate surface area is 114 Å². The van der Waals surface area contributed by atoms with Crippen LogP contribution in [0.25, 0.3) is 0 Å². The van der Waals surface area contributed by atoms with E-state index in [0.29, 0.717) is 12.2 Å². The van der Waals surface area contributed by atoms with Gasteiger partial charge in [-0.25, -0.2) is 0 Å². The van der Waals surface area contributed by atoms with Gasteiger partial charge in [0.15, 0.2) is 5.78 Å². The normalized spacial score (nSPS) is 10.3. The second-order valence-corrected chi connectivity index (χ2v) is 4.79. The van der Waals surface area contributed by atoms with Crippen molar-refractivity contribution in [1.29, 1.82) is 0 Å². The molecule has 0 atom stereocenters. The molecule has 19 heavy (non-hydrogen) atoms. The van der Waals surface area contributed by atoms with Crippen molar-refractivity contribution in [3.05, 3.63) is 64.7 Å². The van der Waals surface area contributed by atoms with Crippen LogP contribution in [0.1, 0.15) is 34.0 Å². The van der Waals surface area contributed by atoms with E-state index in [1.807, 2.05) is 12.1 Å². The average molecular weight is 254 g/mol. The zero-order valence-corrected chi connectivity index (χ0v) is 11.6. The topological polar surface area (TPSA) is 26.3 Å². The Kier molecular flexibility index (Phi) is 4.00. The number of Topliss-reactive ketones (excluding diaryl/α,β-unsaturated/α-hetero) is 1. The molecule has 0 N–H and O–H groups in total. The first kappa shape index (κ1) is 13.3. The minimum atomic E-state index is 0.0524. The fraction of sp³-hybridized carbons (Fsp3) is 0.235. The molecule has 2 rings (SSSR count). The van der Waals surface area contributed by atoms with E-state index in [1.54, 1.807) is 19.1 Å². The minimum Gasteiger partial charge on any atom is -0.489 e. The molecular weight excluding hydrogens is 236 g/mol. The van der Waals surface area contributed by atoms with E-state index in [4.69, 9.17) is 4.74 Å². The van der Waals surface area contributed by atoms with Gasteiger partial charge in [0.05, 0.1) is 0 Å². The molecule has 2 nitrogen and oxygen atoms in total. The van der Waals surface area contributed by atoms with E-state index >= 15 is 0 Å². The highest BCUT2D eigenvalue weighted by molar-refractivity contribution is 5.94. The van der Waals surface area contributed by atoms with Crippen LogP contribution in [0, 0.1) is 13.8 Å². The van der Waals surface area contributed by atoms with E-state index in [-0.39, 0.29) is 5.78 Å². The van der Waals surface area contributed by atoms with Crippen LogP contribution < -0.4 is 4.74 Å². The summed E-state index contributed by atoms with van der Waals surface area (Å²) in [5, 5.41) is 0. The molecule has 0 aliphatic carbocycles. The van der Waals surface area contributed by atoms with Gasteiger partial charge < -0.3 is 4.74 Å². The number of aryl methyl sites for hydroxylation is 2. The minimum absolute atomic E-state index is 0.0524. The molecule has 0 aliphatic rings. The fourth-order valence-corrected chi connectivity index (χ4v) is 1.86. The number of benzene rings is 2. The van der Waals surface area contributed by atoms with Crippen molar-refractivity contribution in [1.82, 2.24) is 0 Å². The number of hydrogen-bond donors (Lipinski definition) is 0. The van der Waals surface area contributed by atoms with Crippen molar-refractivity contribution in [2.45, 2.75) is 27.4 Å². The first-order valence-corrected chi connectivity index (χ1v) is 6.36. The van der Waals surface area contributed by atoms with Crippen LogP contribution in [0.3, 0.4) is 0 Å². The molecule has 0 saturated heterocycles. The van der Waals surface area contributed by atoms with Crippen molar-refractivity contribution < 1.29 is 9.53 Å². The molecule has 2 aromatic rings. The number of ether oxygens (including phenoxy) is 1. The maximum atomic E-state index is 11.3. The third-order valence-electron chi connectivity index (χ3n) is 3.22. The van der Waals surface area contributed by atoms with Gasteiger partial charge in [-0.2, -0.15) is 0 Å². The number of carbonyl (C=O) groups excluding carboxylic acids is 1. The molecule has 0 spiro atoms. The third-order valence-corrected chi connectivity index (χ3v) is 3.22. The van der Waals surface area contributed by atoms with Gasteiger partial charge in [0.2, 0.25) is 0 Å². The summed E-state index contributed by atoms with van der Waals surface area (Å²) in [6, 6.07) is 13.6. The van der Waals surface area contributed by atoms with Gasteiger partial charge in [0, 0.05) is 5.56 Å². The Balaban J connectivity index is 2.07. The molecule has 0 unspecified atom stereocenters. The summed E-state index contributed by atoms with van der Waals surface area (Å²) in [5.74, 6) is 0.780. The lowest BCUT2D eigenvalue weighted by Gasteiger charge is -2.09. The van der Waals surface area contributed by atoms with Crippen molar-refractivity contribution in [2.75, 3.05) is 0 Å². The standard InChI is InChI=1S/C17H18O2/c1-12-7-8-15(9-13(12)2)11-19-17-6-4-5-16(10-17)14(3)18/h4-10H,11H2,1-3H3. The van der Waals surface area contributed by atoms with E-state index < -0.39 is 0 Å². The predicted octanol–water partition coefficient (Wildman–Crippen LogP) is 4.09. The van der Waals surface area contributed by atoms with Crippen molar-refractivity contribution in [3.63, 3.8) is 0 Å². The molecule has 0 aliphatic heterocycles. The lowest BCUT2D eigenvalue weighted by Crippen LogP contribution is -1.98. The molecular formula is C17H18O2. The highest BCUT2D eigenvalue weighted by Gasteiger charge is 2.02. The Morgan fingerprint density at radius 2 is 1.84 bits per heavy atom. The first-order chi connectivity index (χ1) is 9.06. The van der Waals surface area contributed by atoms with Crippen LogP contribution in [-0.2, 0) is 6.61 Å². The Bertz CT molecular complexity index is 600. The van der Waals surface area contributed by atoms with Crippen molar-refractivity contribution in [3.8, 4) is 5.75 Å². The largest absolute Gasteiger partial charge is 0.489 e. The molecule has 2 aromatic carbocycles. The molecule has 0 aromatic heterocycles. The number of carbonyl (C=O) groups is 1. The molecule has 0 heterocycles. The first-order valence-electron chi connectivity index (χ1n) is 6.36. The monoisotopic (exact) mass is 254 g/mol. The number of ketones is 1. The van der Waals surface area contributed by atoms with Crippen LogP contribution >= 0.6 is 0 Å². The second kappa shape index (κ2) is 5.70. The second-order valence-electron chi connectivity index (χ2n) is 4.79. The lowest BCUT2D eigenvalue weighted by atomic mass is 10.1. The van der Waals surface area contributed by atoms with E-state index in [2.05, 4.69) is 32.0 Å². The van der Waals surface area contributed by atoms with Crippen molar-refractivity contribution >= 4 is 5.78 Å². The Morgan fingerprint density at radius 1 is 1.05 bits per heavy atom. The van der Waals surface area contributed by atoms with Gasteiger partial charge in [-0.3, -0.25) is 4.79 Å². The van der Waals surface area contributed by atoms with Gasteiger partial charge in [0.25, 0.3) is 0 Å². The molecule has 98 valence electrons. The molecule has 2 heteroatoms. The highest BCUT2D eigenvalue weighted by atomic mass is 16.5. The van der Waals surface area contributed by atoms with E-state index in [1.165, 1.54) is 11.1 Å². The van der Waals surface area contributed by atoms with Gasteiger partial charge >= 0.3 is 0 Å². The summed E-state index contributed by atoms with van der Waals surface area (Å²) in [6.45, 7) is 6.26. The number of hydrogen-bond acceptors (Lipinski definition) is 2. The quantitative estimate of drug-likeness (QED) is 0.768. The molecule has 0 amide bonds. The van der Waals surface area contributed by atoms with Gasteiger partial charge in [-0.05, 0) is 49.6 Å². The van der Waals surface area contributed by atoms with E-state index in [9.17, 15) is 4.79 Å². The smallest absolute Gasteiger partial charge is 0.159 e. The summed E-state index contributed by atoms with van der Waals surface area (Å²) in [6.07, 6.45) is 0. The average Bonchev–Trinajstić information content (AvgIpc) is 2.40. The maximum absolute atomic E-state index is 11.3. The third kappa shape index (κ3) is 3.44. The van der Waals surface area contributed by atoms with Crippen molar-refractivity contribution in [2.24, 2.45) is 0 Å². The predicted molar refractivity (Wildman–Crippen MR) is 76.7 cm³/mol. The SMILES string of the molecule is CC(=O)c1cccc(OCc2ccc(C)c(C)c2)c1. The summed E-state index contributed by atoms with van der Waals surface area (Å²) in [4.78, 5) is 11.3. The van der Waals surface area contributed by atoms with Gasteiger partial charge in [-0.1, -0.05) is 30.3 Å². The Morgan fingerprint density at radius 3 is 2.53 bits per heavy atom. The summed E-state index contributed by atoms with van der Waals surface area (Å²) >= 11 is 0. The summed E-state index contributed by atoms with van der Waals surface area (Å²) < 4.78 is 5.73. The molecule has 0 bridgehead atoms. The zero-order chi connectivity index (χ0) is 13.8. The fourth-order valence-electron chi connectivity index (χ4n) is 1.86. The molecule has 0 fully saturated rings. The van der Waals surface area contributed by atoms with Crippen LogP contribution in [0.2, 0.25) is 0 Å². The van der Waals surface area contributed by atoms with E-state index in [0.717, 1.165) is 11.3 Å². The maximum Gasteiger partial charge on any atom is 0.159 e. The van der Waals surface area contributed by atoms with Gasteiger partial charge in [0.1, 0.15) is 12.4 Å². The summed E-state index contributed by atoms with van der Waals surface area (Å²) in [7, 11) is 0. The zero-order valence-electron chi connectivity index (χ0n) is 11.6. The van der Waals surface area contributed by atoms with Crippen LogP contribution in [0.4, 0.5) is 0 Å². The van der Waals surface area contributed by atoms with Crippen LogP contribution in [0.5, 0.6) is 5.75 Å². The van der Waals surface area contributed by atoms with Crippen LogP contribution in [0.15, 0.2) is 42.5 Å². The lowest BCUT2D eigenvalue weighted by molar-refractivity contribution is 0.101. The highest BCUT2D eigenvalue weighted by Crippen LogP contribution is 2.17. The Hall–Kier alpha value is -2.09. The summed E-state index contributed by atoms with van der Waals surface area (Å²) in [5.41, 5.74) is 4.36. The molecule has 0 saturated carbocycles. The van der Waals surface area contributed by atoms with Gasteiger partial charge in [-0.15, -0.1) is 0 Å². The van der Waals surface area contributed by atoms with Crippen LogP contribution in [-0.4, -0.2) is 5.78 Å².